The average molecular weight is 318 g/mol. The third-order valence-corrected chi connectivity index (χ3v) is 3.73. The van der Waals surface area contributed by atoms with Crippen LogP contribution in [-0.2, 0) is 0 Å². The molecule has 1 N–H and O–H groups in total. The van der Waals surface area contributed by atoms with Gasteiger partial charge in [-0.2, -0.15) is 0 Å². The lowest BCUT2D eigenvalue weighted by molar-refractivity contribution is 1.16. The Kier molecular flexibility index (Phi) is 3.95. The second-order valence-electron chi connectivity index (χ2n) is 4.59. The lowest BCUT2D eigenvalue weighted by Gasteiger charge is -2.10. The number of fused-ring (bicyclic) bond motifs is 1. The zero-order valence-electron chi connectivity index (χ0n) is 11.4. The van der Waals surface area contributed by atoms with Gasteiger partial charge in [-0.25, -0.2) is 4.98 Å². The molecule has 0 amide bonds. The van der Waals surface area contributed by atoms with Crippen molar-refractivity contribution in [2.45, 2.75) is 6.92 Å². The molecule has 3 nitrogen and oxygen atoms in total. The summed E-state index contributed by atoms with van der Waals surface area (Å²) in [7, 11) is 0. The number of anilines is 1. The molecule has 0 aliphatic rings. The van der Waals surface area contributed by atoms with E-state index < -0.39 is 0 Å². The molecule has 0 spiro atoms. The maximum atomic E-state index is 6.29. The highest BCUT2D eigenvalue weighted by molar-refractivity contribution is 6.37. The van der Waals surface area contributed by atoms with Gasteiger partial charge in [-0.05, 0) is 25.1 Å². The quantitative estimate of drug-likeness (QED) is 0.735. The van der Waals surface area contributed by atoms with Crippen LogP contribution in [0, 0.1) is 0 Å². The molecule has 106 valence electrons. The minimum atomic E-state index is 0.518. The minimum absolute atomic E-state index is 0.518. The third kappa shape index (κ3) is 2.80. The fraction of sp³-hybridized carbons (Fsp3) is 0.125. The van der Waals surface area contributed by atoms with Crippen molar-refractivity contribution in [1.82, 2.24) is 9.97 Å². The van der Waals surface area contributed by atoms with E-state index in [4.69, 9.17) is 23.2 Å². The van der Waals surface area contributed by atoms with Crippen LogP contribution in [0.1, 0.15) is 6.92 Å². The molecule has 0 bridgehead atoms. The second-order valence-corrected chi connectivity index (χ2v) is 5.40. The molecular weight excluding hydrogens is 305 g/mol. The largest absolute Gasteiger partial charge is 0.369 e. The first-order valence-corrected chi connectivity index (χ1v) is 7.39. The molecule has 0 saturated carbocycles. The topological polar surface area (TPSA) is 37.8 Å². The lowest BCUT2D eigenvalue weighted by atomic mass is 10.1. The molecule has 3 aromatic rings. The third-order valence-electron chi connectivity index (χ3n) is 3.15. The van der Waals surface area contributed by atoms with Gasteiger partial charge < -0.3 is 5.32 Å². The summed E-state index contributed by atoms with van der Waals surface area (Å²) in [5.41, 5.74) is 2.53. The van der Waals surface area contributed by atoms with E-state index in [0.717, 1.165) is 23.0 Å². The molecule has 0 fully saturated rings. The van der Waals surface area contributed by atoms with Crippen molar-refractivity contribution < 1.29 is 0 Å². The molecule has 0 aliphatic carbocycles. The Balaban J connectivity index is 2.15. The van der Waals surface area contributed by atoms with Crippen molar-refractivity contribution in [2.75, 3.05) is 11.9 Å². The van der Waals surface area contributed by atoms with E-state index in [1.807, 2.05) is 37.3 Å². The zero-order chi connectivity index (χ0) is 14.8. The molecule has 0 radical (unpaired) electrons. The second kappa shape index (κ2) is 5.88. The Morgan fingerprint density at radius 2 is 1.95 bits per heavy atom. The SMILES string of the molecule is CCNc1nc(-c2ccc3cccnc3c2)c(Cl)cc1Cl. The van der Waals surface area contributed by atoms with Gasteiger partial charge in [0.2, 0.25) is 0 Å². The Morgan fingerprint density at radius 3 is 2.76 bits per heavy atom. The van der Waals surface area contributed by atoms with Gasteiger partial charge in [0.15, 0.2) is 0 Å². The summed E-state index contributed by atoms with van der Waals surface area (Å²) in [5, 5.41) is 5.26. The van der Waals surface area contributed by atoms with Gasteiger partial charge in [-0.15, -0.1) is 0 Å². The molecule has 0 aliphatic heterocycles. The number of halogens is 2. The van der Waals surface area contributed by atoms with Gasteiger partial charge in [-0.3, -0.25) is 4.98 Å². The van der Waals surface area contributed by atoms with Crippen LogP contribution in [0.2, 0.25) is 10.0 Å². The number of hydrogen-bond acceptors (Lipinski definition) is 3. The van der Waals surface area contributed by atoms with E-state index in [1.54, 1.807) is 12.3 Å². The van der Waals surface area contributed by atoms with Crippen LogP contribution in [0.15, 0.2) is 42.6 Å². The van der Waals surface area contributed by atoms with Crippen LogP contribution in [0.25, 0.3) is 22.2 Å². The first-order valence-electron chi connectivity index (χ1n) is 6.64. The monoisotopic (exact) mass is 317 g/mol. The summed E-state index contributed by atoms with van der Waals surface area (Å²) >= 11 is 12.4. The molecule has 0 unspecified atom stereocenters. The highest BCUT2D eigenvalue weighted by Crippen LogP contribution is 2.33. The first-order chi connectivity index (χ1) is 10.2. The van der Waals surface area contributed by atoms with Gasteiger partial charge in [0.05, 0.1) is 21.3 Å². The molecule has 0 atom stereocenters. The van der Waals surface area contributed by atoms with Crippen LogP contribution in [0.3, 0.4) is 0 Å². The Bertz CT molecular complexity index is 803. The summed E-state index contributed by atoms with van der Waals surface area (Å²) in [6.07, 6.45) is 1.77. The molecular formula is C16H13Cl2N3. The minimum Gasteiger partial charge on any atom is -0.369 e. The van der Waals surface area contributed by atoms with Crippen molar-refractivity contribution in [3.63, 3.8) is 0 Å². The van der Waals surface area contributed by atoms with Gasteiger partial charge in [0.1, 0.15) is 5.82 Å². The van der Waals surface area contributed by atoms with Crippen molar-refractivity contribution in [1.29, 1.82) is 0 Å². The summed E-state index contributed by atoms with van der Waals surface area (Å²) in [5.74, 6) is 0.639. The predicted molar refractivity (Wildman–Crippen MR) is 89.2 cm³/mol. The molecule has 5 heteroatoms. The van der Waals surface area contributed by atoms with E-state index in [2.05, 4.69) is 15.3 Å². The Morgan fingerprint density at radius 1 is 1.10 bits per heavy atom. The van der Waals surface area contributed by atoms with E-state index in [9.17, 15) is 0 Å². The van der Waals surface area contributed by atoms with Gasteiger partial charge in [0, 0.05) is 23.7 Å². The van der Waals surface area contributed by atoms with E-state index in [0.29, 0.717) is 21.6 Å². The van der Waals surface area contributed by atoms with Gasteiger partial charge in [-0.1, -0.05) is 41.4 Å². The normalized spacial score (nSPS) is 10.8. The average Bonchev–Trinajstić information content (AvgIpc) is 2.49. The molecule has 1 aromatic carbocycles. The van der Waals surface area contributed by atoms with Crippen molar-refractivity contribution in [3.8, 4) is 11.3 Å². The molecule has 0 saturated heterocycles. The van der Waals surface area contributed by atoms with Crippen LogP contribution in [0.4, 0.5) is 5.82 Å². The van der Waals surface area contributed by atoms with Gasteiger partial charge in [0.25, 0.3) is 0 Å². The van der Waals surface area contributed by atoms with Crippen LogP contribution >= 0.6 is 23.2 Å². The van der Waals surface area contributed by atoms with Crippen molar-refractivity contribution in [2.24, 2.45) is 0 Å². The van der Waals surface area contributed by atoms with E-state index >= 15 is 0 Å². The fourth-order valence-corrected chi connectivity index (χ4v) is 2.71. The highest BCUT2D eigenvalue weighted by Gasteiger charge is 2.11. The Hall–Kier alpha value is -1.84. The summed E-state index contributed by atoms with van der Waals surface area (Å²) in [4.78, 5) is 8.90. The summed E-state index contributed by atoms with van der Waals surface area (Å²) < 4.78 is 0. The van der Waals surface area contributed by atoms with E-state index in [1.165, 1.54) is 0 Å². The van der Waals surface area contributed by atoms with Crippen molar-refractivity contribution >= 4 is 39.9 Å². The fourth-order valence-electron chi connectivity index (χ4n) is 2.17. The number of rotatable bonds is 3. The zero-order valence-corrected chi connectivity index (χ0v) is 12.9. The molecule has 2 aromatic heterocycles. The number of nitrogens with zero attached hydrogens (tertiary/aromatic N) is 2. The molecule has 2 heterocycles. The number of aromatic nitrogens is 2. The summed E-state index contributed by atoms with van der Waals surface area (Å²) in [6, 6.07) is 11.6. The number of hydrogen-bond donors (Lipinski definition) is 1. The van der Waals surface area contributed by atoms with E-state index in [-0.39, 0.29) is 0 Å². The highest BCUT2D eigenvalue weighted by atomic mass is 35.5. The maximum absolute atomic E-state index is 6.29. The standard InChI is InChI=1S/C16H13Cl2N3/c1-2-19-16-13(18)9-12(17)15(21-16)11-6-5-10-4-3-7-20-14(10)8-11/h3-9H,2H2,1H3,(H,19,21). The summed E-state index contributed by atoms with van der Waals surface area (Å²) in [6.45, 7) is 2.74. The first kappa shape index (κ1) is 14.1. The predicted octanol–water partition coefficient (Wildman–Crippen LogP) is 5.04. The van der Waals surface area contributed by atoms with Crippen LogP contribution in [-0.4, -0.2) is 16.5 Å². The lowest BCUT2D eigenvalue weighted by Crippen LogP contribution is -2.01. The molecule has 3 rings (SSSR count). The number of benzene rings is 1. The maximum Gasteiger partial charge on any atom is 0.145 e. The van der Waals surface area contributed by atoms with Crippen molar-refractivity contribution in [3.05, 3.63) is 52.6 Å². The smallest absolute Gasteiger partial charge is 0.145 e. The number of pyridine rings is 2. The van der Waals surface area contributed by atoms with Gasteiger partial charge >= 0.3 is 0 Å². The Labute approximate surface area is 132 Å². The molecule has 21 heavy (non-hydrogen) atoms. The van der Waals surface area contributed by atoms with Crippen LogP contribution in [0.5, 0.6) is 0 Å². The number of nitrogens with one attached hydrogen (secondary N) is 1. The van der Waals surface area contributed by atoms with Crippen LogP contribution < -0.4 is 5.32 Å².